The molecule has 0 saturated heterocycles. The largest absolute Gasteiger partial charge is 0.368 e. The SMILES string of the molecule is Clc1nnc(NCCc2cscn2)c2ccccc12. The van der Waals surface area contributed by atoms with Gasteiger partial charge in [0.25, 0.3) is 0 Å². The minimum absolute atomic E-state index is 0.431. The molecule has 0 spiro atoms. The molecule has 0 aliphatic rings. The van der Waals surface area contributed by atoms with Crippen molar-refractivity contribution in [2.24, 2.45) is 0 Å². The summed E-state index contributed by atoms with van der Waals surface area (Å²) in [5, 5.41) is 15.7. The van der Waals surface area contributed by atoms with E-state index < -0.39 is 0 Å². The number of aromatic nitrogens is 3. The van der Waals surface area contributed by atoms with Crippen molar-refractivity contribution in [3.05, 3.63) is 46.0 Å². The molecule has 0 aliphatic heterocycles. The first-order valence-corrected chi connectivity index (χ1v) is 7.18. The molecule has 0 bridgehead atoms. The van der Waals surface area contributed by atoms with Gasteiger partial charge in [-0.2, -0.15) is 0 Å². The summed E-state index contributed by atoms with van der Waals surface area (Å²) in [4.78, 5) is 4.25. The minimum atomic E-state index is 0.431. The highest BCUT2D eigenvalue weighted by atomic mass is 35.5. The number of halogens is 1. The molecule has 2 aromatic heterocycles. The van der Waals surface area contributed by atoms with Gasteiger partial charge in [-0.15, -0.1) is 21.5 Å². The van der Waals surface area contributed by atoms with Crippen molar-refractivity contribution in [2.75, 3.05) is 11.9 Å². The van der Waals surface area contributed by atoms with Gasteiger partial charge in [0.2, 0.25) is 0 Å². The third-order valence-corrected chi connectivity index (χ3v) is 3.71. The van der Waals surface area contributed by atoms with Crippen LogP contribution in [0, 0.1) is 0 Å². The molecule has 0 fully saturated rings. The number of hydrogen-bond acceptors (Lipinski definition) is 5. The summed E-state index contributed by atoms with van der Waals surface area (Å²) < 4.78 is 0. The van der Waals surface area contributed by atoms with Crippen molar-refractivity contribution in [2.45, 2.75) is 6.42 Å². The summed E-state index contributed by atoms with van der Waals surface area (Å²) in [7, 11) is 0. The average molecular weight is 291 g/mol. The van der Waals surface area contributed by atoms with Crippen LogP contribution in [0.3, 0.4) is 0 Å². The lowest BCUT2D eigenvalue weighted by Gasteiger charge is -2.07. The third kappa shape index (κ3) is 2.67. The van der Waals surface area contributed by atoms with Gasteiger partial charge in [-0.05, 0) is 0 Å². The fourth-order valence-electron chi connectivity index (χ4n) is 1.87. The Labute approximate surface area is 119 Å². The molecule has 3 rings (SSSR count). The molecule has 6 heteroatoms. The molecule has 2 heterocycles. The molecule has 0 aliphatic carbocycles. The number of fused-ring (bicyclic) bond motifs is 1. The van der Waals surface area contributed by atoms with Crippen LogP contribution >= 0.6 is 22.9 Å². The van der Waals surface area contributed by atoms with Crippen molar-refractivity contribution >= 4 is 39.5 Å². The van der Waals surface area contributed by atoms with E-state index in [0.29, 0.717) is 5.15 Å². The fraction of sp³-hybridized carbons (Fsp3) is 0.154. The van der Waals surface area contributed by atoms with Gasteiger partial charge in [-0.1, -0.05) is 35.9 Å². The molecule has 0 saturated carbocycles. The predicted octanol–water partition coefficient (Wildman–Crippen LogP) is 3.39. The smallest absolute Gasteiger partial charge is 0.159 e. The zero-order valence-electron chi connectivity index (χ0n) is 10.0. The Hall–Kier alpha value is -1.72. The second-order valence-electron chi connectivity index (χ2n) is 4.04. The van der Waals surface area contributed by atoms with E-state index in [4.69, 9.17) is 11.6 Å². The van der Waals surface area contributed by atoms with Crippen molar-refractivity contribution in [3.8, 4) is 0 Å². The Morgan fingerprint density at radius 2 is 2.00 bits per heavy atom. The van der Waals surface area contributed by atoms with Crippen LogP contribution in [-0.2, 0) is 6.42 Å². The first-order valence-electron chi connectivity index (χ1n) is 5.86. The van der Waals surface area contributed by atoms with E-state index in [2.05, 4.69) is 20.5 Å². The topological polar surface area (TPSA) is 50.7 Å². The predicted molar refractivity (Wildman–Crippen MR) is 78.9 cm³/mol. The highest BCUT2D eigenvalue weighted by molar-refractivity contribution is 7.07. The van der Waals surface area contributed by atoms with Gasteiger partial charge in [0, 0.05) is 29.1 Å². The molecule has 1 aromatic carbocycles. The van der Waals surface area contributed by atoms with Crippen LogP contribution in [0.15, 0.2) is 35.2 Å². The number of rotatable bonds is 4. The molecule has 4 nitrogen and oxygen atoms in total. The Balaban J connectivity index is 1.79. The number of benzene rings is 1. The van der Waals surface area contributed by atoms with E-state index in [1.165, 1.54) is 0 Å². The van der Waals surface area contributed by atoms with Crippen molar-refractivity contribution in [1.82, 2.24) is 15.2 Å². The Morgan fingerprint density at radius 1 is 1.16 bits per heavy atom. The number of hydrogen-bond donors (Lipinski definition) is 1. The summed E-state index contributed by atoms with van der Waals surface area (Å²) in [6.45, 7) is 0.768. The summed E-state index contributed by atoms with van der Waals surface area (Å²) in [5.41, 5.74) is 2.93. The highest BCUT2D eigenvalue weighted by Gasteiger charge is 2.06. The maximum absolute atomic E-state index is 6.03. The van der Waals surface area contributed by atoms with Gasteiger partial charge in [0.05, 0.1) is 11.2 Å². The minimum Gasteiger partial charge on any atom is -0.368 e. The molecule has 3 aromatic rings. The maximum Gasteiger partial charge on any atom is 0.159 e. The molecule has 0 unspecified atom stereocenters. The number of nitrogens with zero attached hydrogens (tertiary/aromatic N) is 3. The van der Waals surface area contributed by atoms with Gasteiger partial charge < -0.3 is 5.32 Å². The van der Waals surface area contributed by atoms with Crippen LogP contribution in [-0.4, -0.2) is 21.7 Å². The standard InChI is InChI=1S/C13H11ClN4S/c14-12-10-3-1-2-4-11(10)13(18-17-12)15-6-5-9-7-19-8-16-9/h1-4,7-8H,5-6H2,(H,15,18). The molecule has 1 N–H and O–H groups in total. The first-order chi connectivity index (χ1) is 9.34. The van der Waals surface area contributed by atoms with E-state index >= 15 is 0 Å². The second kappa shape index (κ2) is 5.50. The van der Waals surface area contributed by atoms with Crippen LogP contribution in [0.25, 0.3) is 10.8 Å². The van der Waals surface area contributed by atoms with E-state index in [9.17, 15) is 0 Å². The highest BCUT2D eigenvalue weighted by Crippen LogP contribution is 2.25. The van der Waals surface area contributed by atoms with Crippen LogP contribution in [0.4, 0.5) is 5.82 Å². The molecule has 0 radical (unpaired) electrons. The van der Waals surface area contributed by atoms with Crippen LogP contribution in [0.1, 0.15) is 5.69 Å². The lowest BCUT2D eigenvalue weighted by atomic mass is 10.2. The number of thiazole rings is 1. The van der Waals surface area contributed by atoms with E-state index in [1.807, 2.05) is 35.2 Å². The summed E-state index contributed by atoms with van der Waals surface area (Å²) >= 11 is 7.64. The van der Waals surface area contributed by atoms with E-state index in [1.54, 1.807) is 11.3 Å². The van der Waals surface area contributed by atoms with E-state index in [-0.39, 0.29) is 0 Å². The summed E-state index contributed by atoms with van der Waals surface area (Å²) in [6.07, 6.45) is 0.863. The second-order valence-corrected chi connectivity index (χ2v) is 5.12. The van der Waals surface area contributed by atoms with Crippen LogP contribution in [0.5, 0.6) is 0 Å². The molecular formula is C13H11ClN4S. The zero-order valence-corrected chi connectivity index (χ0v) is 11.6. The molecule has 19 heavy (non-hydrogen) atoms. The van der Waals surface area contributed by atoms with Crippen molar-refractivity contribution < 1.29 is 0 Å². The van der Waals surface area contributed by atoms with Gasteiger partial charge in [0.15, 0.2) is 11.0 Å². The van der Waals surface area contributed by atoms with Gasteiger partial charge in [-0.3, -0.25) is 0 Å². The Kier molecular flexibility index (Phi) is 3.57. The molecular weight excluding hydrogens is 280 g/mol. The fourth-order valence-corrected chi connectivity index (χ4v) is 2.67. The molecule has 96 valence electrons. The van der Waals surface area contributed by atoms with Gasteiger partial charge in [-0.25, -0.2) is 4.98 Å². The molecule has 0 atom stereocenters. The summed E-state index contributed by atoms with van der Waals surface area (Å²) in [5.74, 6) is 0.759. The number of anilines is 1. The summed E-state index contributed by atoms with van der Waals surface area (Å²) in [6, 6.07) is 7.83. The quantitative estimate of drug-likeness (QED) is 0.800. The van der Waals surface area contributed by atoms with Crippen LogP contribution < -0.4 is 5.32 Å². The van der Waals surface area contributed by atoms with Crippen molar-refractivity contribution in [3.63, 3.8) is 0 Å². The lowest BCUT2D eigenvalue weighted by Crippen LogP contribution is -2.07. The normalized spacial score (nSPS) is 10.8. The number of nitrogens with one attached hydrogen (secondary N) is 1. The Morgan fingerprint density at radius 3 is 2.79 bits per heavy atom. The van der Waals surface area contributed by atoms with E-state index in [0.717, 1.165) is 35.2 Å². The third-order valence-electron chi connectivity index (χ3n) is 2.80. The maximum atomic E-state index is 6.03. The molecule has 0 amide bonds. The lowest BCUT2D eigenvalue weighted by molar-refractivity contribution is 0.952. The van der Waals surface area contributed by atoms with Gasteiger partial charge >= 0.3 is 0 Å². The monoisotopic (exact) mass is 290 g/mol. The van der Waals surface area contributed by atoms with Crippen LogP contribution in [0.2, 0.25) is 5.15 Å². The van der Waals surface area contributed by atoms with Crippen molar-refractivity contribution in [1.29, 1.82) is 0 Å². The zero-order chi connectivity index (χ0) is 13.1. The van der Waals surface area contributed by atoms with Gasteiger partial charge in [0.1, 0.15) is 0 Å². The first kappa shape index (κ1) is 12.3. The Bertz CT molecular complexity index is 684. The average Bonchev–Trinajstić information content (AvgIpc) is 2.95.